The van der Waals surface area contributed by atoms with Gasteiger partial charge < -0.3 is 9.16 Å². The van der Waals surface area contributed by atoms with Gasteiger partial charge in [-0.25, -0.2) is 0 Å². The Morgan fingerprint density at radius 2 is 2.00 bits per heavy atom. The Balaban J connectivity index is 2.71. The summed E-state index contributed by atoms with van der Waals surface area (Å²) in [5.74, 6) is -0.308. The van der Waals surface area contributed by atoms with Gasteiger partial charge in [-0.1, -0.05) is 20.8 Å². The first kappa shape index (κ1) is 15.9. The van der Waals surface area contributed by atoms with Crippen LogP contribution in [0.25, 0.3) is 0 Å². The van der Waals surface area contributed by atoms with E-state index >= 15 is 0 Å². The van der Waals surface area contributed by atoms with E-state index in [-0.39, 0.29) is 23.2 Å². The molecular formula is C13H24N2O3Si. The maximum atomic E-state index is 11.2. The molecule has 108 valence electrons. The molecule has 1 aromatic heterocycles. The van der Waals surface area contributed by atoms with Crippen molar-refractivity contribution in [3.8, 4) is 0 Å². The summed E-state index contributed by atoms with van der Waals surface area (Å²) in [5.41, 5.74) is 0.613. The minimum atomic E-state index is -0.644. The number of aromatic nitrogens is 2. The van der Waals surface area contributed by atoms with Gasteiger partial charge >= 0.3 is 5.97 Å². The quantitative estimate of drug-likeness (QED) is 0.609. The lowest BCUT2D eigenvalue weighted by molar-refractivity contribution is -0.141. The molecule has 0 fully saturated rings. The molecule has 0 N–H and O–H groups in total. The van der Waals surface area contributed by atoms with Crippen LogP contribution in [0.3, 0.4) is 0 Å². The van der Waals surface area contributed by atoms with Crippen molar-refractivity contribution >= 4 is 15.7 Å². The number of carbonyl (C=O) groups excluding carboxylic acids is 1. The van der Waals surface area contributed by atoms with Crippen LogP contribution in [0, 0.1) is 0 Å². The van der Waals surface area contributed by atoms with E-state index in [1.165, 1.54) is 7.11 Å². The fourth-order valence-corrected chi connectivity index (χ4v) is 2.40. The first-order valence-corrected chi connectivity index (χ1v) is 7.66. The Hall–Kier alpha value is -1.14. The summed E-state index contributed by atoms with van der Waals surface area (Å²) >= 11 is 0. The Kier molecular flexibility index (Phi) is 4.92. The zero-order valence-electron chi connectivity index (χ0n) is 12.7. The van der Waals surface area contributed by atoms with Gasteiger partial charge in [0.15, 0.2) is 9.76 Å². The van der Waals surface area contributed by atoms with Crippen LogP contribution in [-0.4, -0.2) is 32.6 Å². The number of methoxy groups -OCH3 is 1. The molecule has 5 nitrogen and oxygen atoms in total. The first-order chi connectivity index (χ1) is 8.64. The molecule has 0 radical (unpaired) electrons. The molecule has 0 atom stereocenters. The smallest absolute Gasteiger partial charge is 0.327 e. The fourth-order valence-electron chi connectivity index (χ4n) is 1.44. The lowest BCUT2D eigenvalue weighted by Gasteiger charge is -2.29. The Morgan fingerprint density at radius 3 is 2.53 bits per heavy atom. The second-order valence-corrected chi connectivity index (χ2v) is 9.06. The second kappa shape index (κ2) is 5.88. The highest BCUT2D eigenvalue weighted by Gasteiger charge is 2.26. The van der Waals surface area contributed by atoms with Crippen molar-refractivity contribution in [2.75, 3.05) is 7.11 Å². The van der Waals surface area contributed by atoms with Gasteiger partial charge in [0.1, 0.15) is 6.54 Å². The van der Waals surface area contributed by atoms with Crippen molar-refractivity contribution in [3.63, 3.8) is 0 Å². The number of rotatable bonds is 5. The highest BCUT2D eigenvalue weighted by atomic mass is 28.2. The van der Waals surface area contributed by atoms with Crippen molar-refractivity contribution in [3.05, 3.63) is 18.0 Å². The molecule has 0 aromatic carbocycles. The van der Waals surface area contributed by atoms with E-state index in [1.54, 1.807) is 10.9 Å². The molecule has 19 heavy (non-hydrogen) atoms. The van der Waals surface area contributed by atoms with Crippen LogP contribution < -0.4 is 0 Å². The largest absolute Gasteiger partial charge is 0.468 e. The molecule has 0 spiro atoms. The first-order valence-electron chi connectivity index (χ1n) is 6.38. The average molecular weight is 284 g/mol. The Labute approximate surface area is 117 Å². The summed E-state index contributed by atoms with van der Waals surface area (Å²) < 4.78 is 12.3. The highest BCUT2D eigenvalue weighted by molar-refractivity contribution is 6.31. The summed E-state index contributed by atoms with van der Waals surface area (Å²) in [6.07, 6.45) is 3.59. The third-order valence-corrected chi connectivity index (χ3v) is 4.45. The summed E-state index contributed by atoms with van der Waals surface area (Å²) in [5, 5.41) is 4.42. The van der Waals surface area contributed by atoms with Gasteiger partial charge in [-0.2, -0.15) is 5.10 Å². The Bertz CT molecular complexity index is 435. The number of ether oxygens (including phenoxy) is 1. The third-order valence-electron chi connectivity index (χ3n) is 2.71. The van der Waals surface area contributed by atoms with Crippen LogP contribution in [0.2, 0.25) is 5.04 Å². The predicted molar refractivity (Wildman–Crippen MR) is 76.6 cm³/mol. The van der Waals surface area contributed by atoms with Gasteiger partial charge in [0, 0.05) is 11.8 Å². The predicted octanol–water partition coefficient (Wildman–Crippen LogP) is 1.61. The van der Waals surface area contributed by atoms with Crippen LogP contribution in [0.15, 0.2) is 12.4 Å². The van der Waals surface area contributed by atoms with Crippen LogP contribution >= 0.6 is 0 Å². The van der Waals surface area contributed by atoms with Gasteiger partial charge in [-0.05, 0) is 18.9 Å². The highest BCUT2D eigenvalue weighted by Crippen LogP contribution is 2.28. The van der Waals surface area contributed by atoms with Crippen molar-refractivity contribution in [1.29, 1.82) is 0 Å². The van der Waals surface area contributed by atoms with Crippen LogP contribution in [0.1, 0.15) is 40.2 Å². The van der Waals surface area contributed by atoms with Crippen molar-refractivity contribution in [2.24, 2.45) is 0 Å². The normalized spacial score (nSPS) is 13.2. The van der Waals surface area contributed by atoms with E-state index in [9.17, 15) is 4.79 Å². The summed E-state index contributed by atoms with van der Waals surface area (Å²) in [7, 11) is 0.726. The molecule has 0 unspecified atom stereocenters. The number of nitrogens with zero attached hydrogens (tertiary/aromatic N) is 2. The molecule has 0 aliphatic carbocycles. The molecule has 1 heterocycles. The molecule has 0 saturated carbocycles. The van der Waals surface area contributed by atoms with Gasteiger partial charge in [0.25, 0.3) is 0 Å². The summed E-state index contributed by atoms with van der Waals surface area (Å²) in [6.45, 7) is 10.8. The number of carbonyl (C=O) groups is 1. The number of esters is 1. The maximum absolute atomic E-state index is 11.2. The minimum absolute atomic E-state index is 0.128. The molecule has 0 amide bonds. The molecule has 1 rings (SSSR count). The van der Waals surface area contributed by atoms with Gasteiger partial charge in [-0.3, -0.25) is 9.48 Å². The molecule has 1 aromatic rings. The van der Waals surface area contributed by atoms with Gasteiger partial charge in [0.05, 0.1) is 18.9 Å². The van der Waals surface area contributed by atoms with E-state index in [4.69, 9.17) is 4.43 Å². The fraction of sp³-hybridized carbons (Fsp3) is 0.692. The average Bonchev–Trinajstić information content (AvgIpc) is 2.75. The molecule has 0 aliphatic heterocycles. The standard InChI is InChI=1S/C13H24N2O3Si/c1-12(2,3)19-18-13(4,5)10-7-14-15(8-10)9-11(16)17-6/h7-8H,9,19H2,1-6H3. The van der Waals surface area contributed by atoms with E-state index < -0.39 is 9.76 Å². The van der Waals surface area contributed by atoms with Crippen molar-refractivity contribution < 1.29 is 14.0 Å². The van der Waals surface area contributed by atoms with Crippen LogP contribution in [-0.2, 0) is 26.1 Å². The van der Waals surface area contributed by atoms with Gasteiger partial charge in [-0.15, -0.1) is 0 Å². The maximum Gasteiger partial charge on any atom is 0.327 e. The second-order valence-electron chi connectivity index (χ2n) is 6.36. The Morgan fingerprint density at radius 1 is 1.37 bits per heavy atom. The van der Waals surface area contributed by atoms with Crippen molar-refractivity contribution in [1.82, 2.24) is 9.78 Å². The molecule has 0 aliphatic rings. The summed E-state index contributed by atoms with van der Waals surface area (Å²) in [6, 6.07) is 0. The van der Waals surface area contributed by atoms with Gasteiger partial charge in [0.2, 0.25) is 0 Å². The van der Waals surface area contributed by atoms with Crippen LogP contribution in [0.5, 0.6) is 0 Å². The topological polar surface area (TPSA) is 53.4 Å². The minimum Gasteiger partial charge on any atom is -0.468 e. The zero-order chi connectivity index (χ0) is 14.7. The van der Waals surface area contributed by atoms with Crippen LogP contribution in [0.4, 0.5) is 0 Å². The van der Waals surface area contributed by atoms with E-state index in [0.29, 0.717) is 0 Å². The monoisotopic (exact) mass is 284 g/mol. The number of hydrogen-bond donors (Lipinski definition) is 0. The van der Waals surface area contributed by atoms with E-state index in [2.05, 4.69) is 30.6 Å². The molecule has 0 saturated heterocycles. The third kappa shape index (κ3) is 5.16. The lowest BCUT2D eigenvalue weighted by Crippen LogP contribution is -2.27. The SMILES string of the molecule is COC(=O)Cn1cc(C(C)(C)O[SiH2]C(C)(C)C)cn1. The molecule has 0 bridgehead atoms. The van der Waals surface area contributed by atoms with E-state index in [0.717, 1.165) is 5.56 Å². The number of hydrogen-bond acceptors (Lipinski definition) is 4. The molecule has 6 heteroatoms. The molecular weight excluding hydrogens is 260 g/mol. The zero-order valence-corrected chi connectivity index (χ0v) is 14.1. The van der Waals surface area contributed by atoms with Crippen molar-refractivity contribution in [2.45, 2.75) is 51.8 Å². The summed E-state index contributed by atoms with van der Waals surface area (Å²) in [4.78, 5) is 11.2. The lowest BCUT2D eigenvalue weighted by atomic mass is 10.0. The van der Waals surface area contributed by atoms with E-state index in [1.807, 2.05) is 20.0 Å².